The van der Waals surface area contributed by atoms with Crippen molar-refractivity contribution in [2.45, 2.75) is 42.6 Å². The lowest BCUT2D eigenvalue weighted by Crippen LogP contribution is -2.04. The Kier molecular flexibility index (Phi) is 5.09. The van der Waals surface area contributed by atoms with Crippen LogP contribution in [0.4, 0.5) is 0 Å². The molecule has 1 aliphatic rings. The van der Waals surface area contributed by atoms with E-state index in [1.165, 1.54) is 30.4 Å². The van der Waals surface area contributed by atoms with E-state index in [0.717, 1.165) is 29.0 Å². The fourth-order valence-electron chi connectivity index (χ4n) is 3.24. The monoisotopic (exact) mass is 369 g/mol. The molecule has 128 valence electrons. The van der Waals surface area contributed by atoms with Gasteiger partial charge >= 0.3 is 0 Å². The molecule has 3 aromatic rings. The van der Waals surface area contributed by atoms with Crippen LogP contribution in [0.2, 0.25) is 5.02 Å². The number of rotatable bonds is 4. The smallest absolute Gasteiger partial charge is 0.192 e. The van der Waals surface area contributed by atoms with Crippen molar-refractivity contribution in [3.63, 3.8) is 0 Å². The zero-order valence-corrected chi connectivity index (χ0v) is 15.5. The minimum atomic E-state index is 0.176. The molecule has 0 spiro atoms. The molecule has 25 heavy (non-hydrogen) atoms. The Morgan fingerprint density at radius 1 is 0.880 bits per heavy atom. The van der Waals surface area contributed by atoms with Crippen LogP contribution in [0.1, 0.15) is 41.5 Å². The van der Waals surface area contributed by atoms with Gasteiger partial charge in [0.2, 0.25) is 0 Å². The predicted octanol–water partition coefficient (Wildman–Crippen LogP) is 5.54. The average Bonchev–Trinajstić information content (AvgIpc) is 2.87. The molecule has 1 unspecified atom stereocenters. The van der Waals surface area contributed by atoms with Crippen molar-refractivity contribution >= 4 is 23.4 Å². The second-order valence-corrected chi connectivity index (χ2v) is 7.83. The third-order valence-electron chi connectivity index (χ3n) is 4.57. The maximum Gasteiger partial charge on any atom is 0.192 e. The van der Waals surface area contributed by atoms with Crippen LogP contribution in [0.15, 0.2) is 59.8 Å². The molecule has 1 aromatic heterocycles. The maximum absolute atomic E-state index is 6.08. The van der Waals surface area contributed by atoms with Gasteiger partial charge in [0.15, 0.2) is 5.16 Å². The van der Waals surface area contributed by atoms with Gasteiger partial charge in [0, 0.05) is 18.0 Å². The van der Waals surface area contributed by atoms with Gasteiger partial charge in [-0.25, -0.2) is 0 Å². The van der Waals surface area contributed by atoms with E-state index >= 15 is 0 Å². The van der Waals surface area contributed by atoms with Crippen LogP contribution in [0.3, 0.4) is 0 Å². The van der Waals surface area contributed by atoms with Crippen LogP contribution in [0, 0.1) is 0 Å². The van der Waals surface area contributed by atoms with Crippen molar-refractivity contribution in [3.05, 3.63) is 76.6 Å². The fraction of sp³-hybridized carbons (Fsp3) is 0.300. The Morgan fingerprint density at radius 3 is 2.44 bits per heavy atom. The molecule has 0 fully saturated rings. The van der Waals surface area contributed by atoms with E-state index in [9.17, 15) is 0 Å². The highest BCUT2D eigenvalue weighted by molar-refractivity contribution is 7.99. The van der Waals surface area contributed by atoms with E-state index in [1.807, 2.05) is 12.1 Å². The highest BCUT2D eigenvalue weighted by atomic mass is 35.5. The molecule has 0 amide bonds. The molecule has 0 saturated heterocycles. The summed E-state index contributed by atoms with van der Waals surface area (Å²) in [6, 6.07) is 18.7. The highest BCUT2D eigenvalue weighted by Gasteiger charge is 2.21. The van der Waals surface area contributed by atoms with Crippen molar-refractivity contribution in [1.82, 2.24) is 14.8 Å². The second-order valence-electron chi connectivity index (χ2n) is 6.32. The summed E-state index contributed by atoms with van der Waals surface area (Å²) in [7, 11) is 0. The lowest BCUT2D eigenvalue weighted by Gasteiger charge is -2.18. The summed E-state index contributed by atoms with van der Waals surface area (Å²) in [5.41, 5.74) is 2.49. The molecular formula is C20H20ClN3S. The molecule has 3 nitrogen and oxygen atoms in total. The lowest BCUT2D eigenvalue weighted by atomic mass is 10.0. The SMILES string of the molecule is Clc1ccc(C(Sc2nnc3n2CCCCC3)c2ccccc2)cc1. The van der Waals surface area contributed by atoms with Crippen LogP contribution in [0.25, 0.3) is 0 Å². The largest absolute Gasteiger partial charge is 0.306 e. The van der Waals surface area contributed by atoms with Gasteiger partial charge in [-0.3, -0.25) is 0 Å². The van der Waals surface area contributed by atoms with Crippen molar-refractivity contribution in [3.8, 4) is 0 Å². The summed E-state index contributed by atoms with van der Waals surface area (Å²) >= 11 is 7.86. The molecule has 0 N–H and O–H groups in total. The summed E-state index contributed by atoms with van der Waals surface area (Å²) in [4.78, 5) is 0. The van der Waals surface area contributed by atoms with Crippen molar-refractivity contribution in [1.29, 1.82) is 0 Å². The first-order chi connectivity index (χ1) is 12.3. The van der Waals surface area contributed by atoms with E-state index in [0.29, 0.717) is 0 Å². The van der Waals surface area contributed by atoms with E-state index in [1.54, 1.807) is 11.8 Å². The maximum atomic E-state index is 6.08. The van der Waals surface area contributed by atoms with Gasteiger partial charge in [-0.2, -0.15) is 0 Å². The number of aryl methyl sites for hydroxylation is 1. The molecule has 0 bridgehead atoms. The molecule has 5 heteroatoms. The zero-order chi connectivity index (χ0) is 17.1. The minimum absolute atomic E-state index is 0.176. The first-order valence-corrected chi connectivity index (χ1v) is 9.96. The van der Waals surface area contributed by atoms with Crippen molar-refractivity contribution in [2.75, 3.05) is 0 Å². The Hall–Kier alpha value is -1.78. The molecule has 1 aliphatic heterocycles. The molecule has 1 atom stereocenters. The normalized spacial score (nSPS) is 15.4. The van der Waals surface area contributed by atoms with E-state index in [4.69, 9.17) is 11.6 Å². The lowest BCUT2D eigenvalue weighted by molar-refractivity contribution is 0.590. The van der Waals surface area contributed by atoms with Crippen molar-refractivity contribution in [2.24, 2.45) is 0 Å². The number of hydrogen-bond acceptors (Lipinski definition) is 3. The molecule has 4 rings (SSSR count). The third-order valence-corrected chi connectivity index (χ3v) is 6.12. The molecule has 2 heterocycles. The summed E-state index contributed by atoms with van der Waals surface area (Å²) in [6.07, 6.45) is 4.72. The van der Waals surface area contributed by atoms with Crippen LogP contribution in [-0.4, -0.2) is 14.8 Å². The van der Waals surface area contributed by atoms with Crippen LogP contribution >= 0.6 is 23.4 Å². The quantitative estimate of drug-likeness (QED) is 0.565. The van der Waals surface area contributed by atoms with Crippen molar-refractivity contribution < 1.29 is 0 Å². The summed E-state index contributed by atoms with van der Waals surface area (Å²) in [5, 5.41) is 10.9. The summed E-state index contributed by atoms with van der Waals surface area (Å²) < 4.78 is 2.31. The first-order valence-electron chi connectivity index (χ1n) is 8.70. The van der Waals surface area contributed by atoms with Gasteiger partial charge < -0.3 is 4.57 Å². The van der Waals surface area contributed by atoms with Gasteiger partial charge in [-0.15, -0.1) is 10.2 Å². The standard InChI is InChI=1S/C20H20ClN3S/c21-17-12-10-16(11-13-17)19(15-7-3-1-4-8-15)25-20-23-22-18-9-5-2-6-14-24(18)20/h1,3-4,7-8,10-13,19H,2,5-6,9,14H2. The first kappa shape index (κ1) is 16.7. The van der Waals surface area contributed by atoms with Gasteiger partial charge in [-0.1, -0.05) is 72.2 Å². The van der Waals surface area contributed by atoms with Crippen LogP contribution in [-0.2, 0) is 13.0 Å². The Labute approximate surface area is 157 Å². The highest BCUT2D eigenvalue weighted by Crippen LogP contribution is 2.40. The number of hydrogen-bond donors (Lipinski definition) is 0. The van der Waals surface area contributed by atoms with Crippen LogP contribution < -0.4 is 0 Å². The van der Waals surface area contributed by atoms with E-state index < -0.39 is 0 Å². The molecule has 0 saturated carbocycles. The average molecular weight is 370 g/mol. The number of benzene rings is 2. The topological polar surface area (TPSA) is 30.7 Å². The van der Waals surface area contributed by atoms with Gasteiger partial charge in [0.05, 0.1) is 5.25 Å². The predicted molar refractivity (Wildman–Crippen MR) is 103 cm³/mol. The van der Waals surface area contributed by atoms with Gasteiger partial charge in [0.25, 0.3) is 0 Å². The summed E-state index contributed by atoms with van der Waals surface area (Å²) in [5.74, 6) is 1.13. The molecule has 0 radical (unpaired) electrons. The number of aromatic nitrogens is 3. The van der Waals surface area contributed by atoms with Gasteiger partial charge in [0.1, 0.15) is 5.82 Å². The molecule has 0 aliphatic carbocycles. The minimum Gasteiger partial charge on any atom is -0.306 e. The van der Waals surface area contributed by atoms with E-state index in [-0.39, 0.29) is 5.25 Å². The molecular weight excluding hydrogens is 350 g/mol. The fourth-order valence-corrected chi connectivity index (χ4v) is 4.58. The number of nitrogens with zero attached hydrogens (tertiary/aromatic N) is 3. The second kappa shape index (κ2) is 7.63. The number of fused-ring (bicyclic) bond motifs is 1. The number of halogens is 1. The molecule has 2 aromatic carbocycles. The zero-order valence-electron chi connectivity index (χ0n) is 13.9. The Bertz CT molecular complexity index is 830. The van der Waals surface area contributed by atoms with E-state index in [2.05, 4.69) is 57.2 Å². The van der Waals surface area contributed by atoms with Crippen LogP contribution in [0.5, 0.6) is 0 Å². The summed E-state index contributed by atoms with van der Waals surface area (Å²) in [6.45, 7) is 1.02. The Morgan fingerprint density at radius 2 is 1.64 bits per heavy atom. The third kappa shape index (κ3) is 3.75. The van der Waals surface area contributed by atoms with Gasteiger partial charge in [-0.05, 0) is 36.1 Å². The Balaban J connectivity index is 1.70. The number of thioether (sulfide) groups is 1.